The van der Waals surface area contributed by atoms with Crippen molar-refractivity contribution in [2.24, 2.45) is 5.11 Å². The molecule has 0 amide bonds. The summed E-state index contributed by atoms with van der Waals surface area (Å²) in [6, 6.07) is 4.42. The zero-order valence-corrected chi connectivity index (χ0v) is 8.41. The minimum Gasteiger partial charge on any atom is -0.258 e. The molecule has 0 aliphatic heterocycles. The van der Waals surface area contributed by atoms with E-state index >= 15 is 0 Å². The fourth-order valence-electron chi connectivity index (χ4n) is 1.23. The minimum atomic E-state index is -0.443. The maximum Gasteiger partial charge on any atom is 0.272 e. The summed E-state index contributed by atoms with van der Waals surface area (Å²) in [5, 5.41) is 14.1. The van der Waals surface area contributed by atoms with Gasteiger partial charge in [0.15, 0.2) is 0 Å². The Balaban J connectivity index is 3.18. The van der Waals surface area contributed by atoms with Crippen molar-refractivity contribution in [2.75, 3.05) is 0 Å². The molecule has 0 saturated carbocycles. The number of hydrogen-bond donors (Lipinski definition) is 0. The van der Waals surface area contributed by atoms with E-state index in [2.05, 4.69) is 10.0 Å². The van der Waals surface area contributed by atoms with Crippen LogP contribution in [0.1, 0.15) is 24.1 Å². The predicted molar refractivity (Wildman–Crippen MR) is 55.4 cm³/mol. The third-order valence-corrected chi connectivity index (χ3v) is 2.14. The van der Waals surface area contributed by atoms with E-state index in [-0.39, 0.29) is 5.69 Å². The van der Waals surface area contributed by atoms with Gasteiger partial charge >= 0.3 is 0 Å². The van der Waals surface area contributed by atoms with E-state index in [1.54, 1.807) is 26.0 Å². The number of benzene rings is 1. The van der Waals surface area contributed by atoms with Crippen LogP contribution in [-0.2, 0) is 0 Å². The van der Waals surface area contributed by atoms with Crippen molar-refractivity contribution in [1.82, 2.24) is 0 Å². The molecule has 0 heterocycles. The third kappa shape index (κ3) is 2.45. The van der Waals surface area contributed by atoms with Gasteiger partial charge in [-0.2, -0.15) is 0 Å². The van der Waals surface area contributed by atoms with Crippen LogP contribution in [0.2, 0.25) is 0 Å². The first-order valence-electron chi connectivity index (χ1n) is 4.35. The standard InChI is InChI=1S/C9H10N4O2/c1-6-3-4-8(7(2)11-12-10)5-9(6)13(14)15/h3-5,7H,1-2H3/t7-/m1/s1. The molecule has 0 fully saturated rings. The SMILES string of the molecule is Cc1ccc([C@@H](C)N=[N+]=[N-])cc1[N+](=O)[O-]. The quantitative estimate of drug-likeness (QED) is 0.249. The second kappa shape index (κ2) is 4.43. The first-order valence-corrected chi connectivity index (χ1v) is 4.35. The van der Waals surface area contributed by atoms with Crippen molar-refractivity contribution in [2.45, 2.75) is 19.9 Å². The van der Waals surface area contributed by atoms with Gasteiger partial charge in [-0.05, 0) is 18.0 Å². The van der Waals surface area contributed by atoms with Crippen LogP contribution in [0.4, 0.5) is 5.69 Å². The highest BCUT2D eigenvalue weighted by molar-refractivity contribution is 5.43. The van der Waals surface area contributed by atoms with Gasteiger partial charge in [-0.15, -0.1) is 0 Å². The average molecular weight is 206 g/mol. The summed E-state index contributed by atoms with van der Waals surface area (Å²) in [5.74, 6) is 0. The molecule has 1 aromatic rings. The molecule has 0 spiro atoms. The molecule has 1 atom stereocenters. The molecule has 0 aliphatic rings. The third-order valence-electron chi connectivity index (χ3n) is 2.14. The van der Waals surface area contributed by atoms with Crippen LogP contribution >= 0.6 is 0 Å². The maximum absolute atomic E-state index is 10.7. The highest BCUT2D eigenvalue weighted by atomic mass is 16.6. The summed E-state index contributed by atoms with van der Waals surface area (Å²) in [6.45, 7) is 3.36. The summed E-state index contributed by atoms with van der Waals surface area (Å²) in [6.07, 6.45) is 0. The maximum atomic E-state index is 10.7. The molecule has 0 aromatic heterocycles. The number of rotatable bonds is 3. The molecule has 0 saturated heterocycles. The largest absolute Gasteiger partial charge is 0.272 e. The number of hydrogen-bond acceptors (Lipinski definition) is 3. The van der Waals surface area contributed by atoms with Gasteiger partial charge in [0.05, 0.1) is 11.0 Å². The molecular weight excluding hydrogens is 196 g/mol. The summed E-state index contributed by atoms with van der Waals surface area (Å²) in [7, 11) is 0. The molecule has 0 N–H and O–H groups in total. The van der Waals surface area contributed by atoms with Crippen molar-refractivity contribution < 1.29 is 4.92 Å². The topological polar surface area (TPSA) is 91.9 Å². The Kier molecular flexibility index (Phi) is 3.25. The lowest BCUT2D eigenvalue weighted by Gasteiger charge is -2.05. The van der Waals surface area contributed by atoms with Crippen molar-refractivity contribution in [3.05, 3.63) is 49.9 Å². The van der Waals surface area contributed by atoms with Crippen molar-refractivity contribution in [3.63, 3.8) is 0 Å². The Bertz CT molecular complexity index is 438. The van der Waals surface area contributed by atoms with E-state index in [1.165, 1.54) is 6.07 Å². The van der Waals surface area contributed by atoms with E-state index in [0.29, 0.717) is 11.1 Å². The molecule has 6 heteroatoms. The fraction of sp³-hybridized carbons (Fsp3) is 0.333. The Hall–Kier alpha value is -2.07. The van der Waals surface area contributed by atoms with Crippen LogP contribution in [0.5, 0.6) is 0 Å². The van der Waals surface area contributed by atoms with Crippen molar-refractivity contribution in [1.29, 1.82) is 0 Å². The summed E-state index contributed by atoms with van der Waals surface area (Å²) in [4.78, 5) is 12.9. The van der Waals surface area contributed by atoms with Crippen molar-refractivity contribution >= 4 is 5.69 Å². The lowest BCUT2D eigenvalue weighted by atomic mass is 10.1. The average Bonchev–Trinajstić information content (AvgIpc) is 2.18. The Morgan fingerprint density at radius 2 is 2.27 bits per heavy atom. The highest BCUT2D eigenvalue weighted by Gasteiger charge is 2.13. The zero-order valence-electron chi connectivity index (χ0n) is 8.41. The molecule has 0 unspecified atom stereocenters. The van der Waals surface area contributed by atoms with Crippen LogP contribution < -0.4 is 0 Å². The number of aryl methyl sites for hydroxylation is 1. The molecule has 0 aliphatic carbocycles. The second-order valence-corrected chi connectivity index (χ2v) is 3.18. The Morgan fingerprint density at radius 1 is 1.60 bits per heavy atom. The van der Waals surface area contributed by atoms with Crippen LogP contribution in [-0.4, -0.2) is 4.92 Å². The first-order chi connectivity index (χ1) is 7.06. The van der Waals surface area contributed by atoms with Crippen LogP contribution in [0.3, 0.4) is 0 Å². The molecule has 0 radical (unpaired) electrons. The zero-order chi connectivity index (χ0) is 11.4. The van der Waals surface area contributed by atoms with Crippen LogP contribution in [0, 0.1) is 17.0 Å². The predicted octanol–water partition coefficient (Wildman–Crippen LogP) is 3.27. The van der Waals surface area contributed by atoms with Gasteiger partial charge in [-0.3, -0.25) is 10.1 Å². The fourth-order valence-corrected chi connectivity index (χ4v) is 1.23. The van der Waals surface area contributed by atoms with Gasteiger partial charge in [0.25, 0.3) is 5.69 Å². The number of nitro benzene ring substituents is 1. The normalized spacial score (nSPS) is 11.6. The number of nitrogens with zero attached hydrogens (tertiary/aromatic N) is 4. The lowest BCUT2D eigenvalue weighted by Crippen LogP contribution is -1.95. The van der Waals surface area contributed by atoms with E-state index in [4.69, 9.17) is 5.53 Å². The van der Waals surface area contributed by atoms with E-state index in [0.717, 1.165) is 0 Å². The smallest absolute Gasteiger partial charge is 0.258 e. The van der Waals surface area contributed by atoms with Gasteiger partial charge in [-0.25, -0.2) is 0 Å². The lowest BCUT2D eigenvalue weighted by molar-refractivity contribution is -0.385. The molecule has 78 valence electrons. The molecule has 0 bridgehead atoms. The number of azide groups is 1. The van der Waals surface area contributed by atoms with Gasteiger partial charge in [0, 0.05) is 16.5 Å². The Morgan fingerprint density at radius 3 is 2.80 bits per heavy atom. The molecule has 1 aromatic carbocycles. The summed E-state index contributed by atoms with van der Waals surface area (Å²) >= 11 is 0. The highest BCUT2D eigenvalue weighted by Crippen LogP contribution is 2.24. The van der Waals surface area contributed by atoms with Crippen LogP contribution in [0.25, 0.3) is 10.4 Å². The first kappa shape index (κ1) is 11.0. The number of nitro groups is 1. The molecule has 15 heavy (non-hydrogen) atoms. The minimum absolute atomic E-state index is 0.0486. The van der Waals surface area contributed by atoms with Gasteiger partial charge in [0.1, 0.15) is 0 Å². The van der Waals surface area contributed by atoms with Crippen LogP contribution in [0.15, 0.2) is 23.3 Å². The molecule has 6 nitrogen and oxygen atoms in total. The van der Waals surface area contributed by atoms with E-state index in [1.807, 2.05) is 0 Å². The van der Waals surface area contributed by atoms with E-state index < -0.39 is 11.0 Å². The van der Waals surface area contributed by atoms with Gasteiger partial charge in [0.2, 0.25) is 0 Å². The summed E-state index contributed by atoms with van der Waals surface area (Å²) < 4.78 is 0. The Labute approximate surface area is 86.3 Å². The van der Waals surface area contributed by atoms with Crippen molar-refractivity contribution in [3.8, 4) is 0 Å². The van der Waals surface area contributed by atoms with Gasteiger partial charge < -0.3 is 0 Å². The monoisotopic (exact) mass is 206 g/mol. The second-order valence-electron chi connectivity index (χ2n) is 3.18. The molecule has 1 rings (SSSR count). The summed E-state index contributed by atoms with van der Waals surface area (Å²) in [5.41, 5.74) is 9.54. The van der Waals surface area contributed by atoms with E-state index in [9.17, 15) is 10.1 Å². The molecular formula is C9H10N4O2. The van der Waals surface area contributed by atoms with Gasteiger partial charge in [-0.1, -0.05) is 24.2 Å².